The normalized spacial score (nSPS) is 23.1. The molecule has 1 fully saturated rings. The van der Waals surface area contributed by atoms with Gasteiger partial charge in [-0.25, -0.2) is 4.98 Å². The van der Waals surface area contributed by atoms with Crippen molar-refractivity contribution in [3.8, 4) is 0 Å². The molecule has 0 aliphatic carbocycles. The van der Waals surface area contributed by atoms with Gasteiger partial charge in [0.1, 0.15) is 6.26 Å². The van der Waals surface area contributed by atoms with Crippen molar-refractivity contribution in [2.45, 2.75) is 19.4 Å². The van der Waals surface area contributed by atoms with E-state index in [0.29, 0.717) is 0 Å². The minimum absolute atomic E-state index is 0.788. The maximum Gasteiger partial charge on any atom is 0.180 e. The molecule has 4 heteroatoms. The number of aromatic nitrogens is 1. The first-order valence-corrected chi connectivity index (χ1v) is 5.62. The fourth-order valence-electron chi connectivity index (χ4n) is 2.29. The van der Waals surface area contributed by atoms with Crippen LogP contribution in [0.3, 0.4) is 0 Å². The van der Waals surface area contributed by atoms with Crippen molar-refractivity contribution in [2.75, 3.05) is 26.7 Å². The van der Waals surface area contributed by atoms with Crippen LogP contribution in [0.5, 0.6) is 0 Å². The zero-order valence-corrected chi connectivity index (χ0v) is 9.28. The van der Waals surface area contributed by atoms with Crippen LogP contribution in [0.25, 0.3) is 0 Å². The molecular formula is C11H19N3O. The van der Waals surface area contributed by atoms with E-state index in [2.05, 4.69) is 15.2 Å². The molecule has 2 rings (SSSR count). The quantitative estimate of drug-likeness (QED) is 0.806. The SMILES string of the molecule is CNCC1CCCN(Cc2cocn2)C1. The van der Waals surface area contributed by atoms with Crippen molar-refractivity contribution >= 4 is 0 Å². The number of rotatable bonds is 4. The standard InChI is InChI=1S/C11H19N3O/c1-12-5-10-3-2-4-14(6-10)7-11-8-15-9-13-11/h8-10,12H,2-7H2,1H3. The third kappa shape index (κ3) is 3.04. The van der Waals surface area contributed by atoms with E-state index < -0.39 is 0 Å². The van der Waals surface area contributed by atoms with Crippen molar-refractivity contribution < 1.29 is 4.42 Å². The molecule has 1 aliphatic rings. The zero-order chi connectivity index (χ0) is 10.5. The van der Waals surface area contributed by atoms with Gasteiger partial charge in [0.2, 0.25) is 0 Å². The van der Waals surface area contributed by atoms with Crippen LogP contribution in [0.4, 0.5) is 0 Å². The van der Waals surface area contributed by atoms with Crippen LogP contribution in [0.15, 0.2) is 17.1 Å². The molecule has 2 heterocycles. The monoisotopic (exact) mass is 209 g/mol. The van der Waals surface area contributed by atoms with E-state index in [9.17, 15) is 0 Å². The summed E-state index contributed by atoms with van der Waals surface area (Å²) in [5, 5.41) is 3.26. The second-order valence-electron chi connectivity index (χ2n) is 4.28. The highest BCUT2D eigenvalue weighted by Gasteiger charge is 2.19. The van der Waals surface area contributed by atoms with Crippen molar-refractivity contribution in [2.24, 2.45) is 5.92 Å². The van der Waals surface area contributed by atoms with Gasteiger partial charge in [-0.15, -0.1) is 0 Å². The van der Waals surface area contributed by atoms with Crippen LogP contribution in [0.1, 0.15) is 18.5 Å². The van der Waals surface area contributed by atoms with Crippen molar-refractivity contribution in [3.63, 3.8) is 0 Å². The first-order chi connectivity index (χ1) is 7.38. The highest BCUT2D eigenvalue weighted by Crippen LogP contribution is 2.17. The number of hydrogen-bond donors (Lipinski definition) is 1. The van der Waals surface area contributed by atoms with Crippen molar-refractivity contribution in [3.05, 3.63) is 18.4 Å². The second-order valence-corrected chi connectivity index (χ2v) is 4.28. The molecule has 0 spiro atoms. The Labute approximate surface area is 90.7 Å². The molecule has 1 N–H and O–H groups in total. The summed E-state index contributed by atoms with van der Waals surface area (Å²) in [5.74, 6) is 0.788. The van der Waals surface area contributed by atoms with E-state index in [-0.39, 0.29) is 0 Å². The van der Waals surface area contributed by atoms with Gasteiger partial charge >= 0.3 is 0 Å². The number of oxazole rings is 1. The zero-order valence-electron chi connectivity index (χ0n) is 9.28. The summed E-state index contributed by atoms with van der Waals surface area (Å²) in [4.78, 5) is 6.62. The van der Waals surface area contributed by atoms with Crippen molar-refractivity contribution in [1.82, 2.24) is 15.2 Å². The Morgan fingerprint density at radius 2 is 2.60 bits per heavy atom. The summed E-state index contributed by atoms with van der Waals surface area (Å²) in [6.45, 7) is 4.41. The lowest BCUT2D eigenvalue weighted by Gasteiger charge is -2.31. The highest BCUT2D eigenvalue weighted by atomic mass is 16.3. The van der Waals surface area contributed by atoms with Crippen LogP contribution >= 0.6 is 0 Å². The molecule has 1 aliphatic heterocycles. The smallest absolute Gasteiger partial charge is 0.180 e. The van der Waals surface area contributed by atoms with E-state index in [1.807, 2.05) is 7.05 Å². The Morgan fingerprint density at radius 3 is 3.33 bits per heavy atom. The summed E-state index contributed by atoms with van der Waals surface area (Å²) >= 11 is 0. The molecule has 1 unspecified atom stereocenters. The second kappa shape index (κ2) is 5.28. The Bertz CT molecular complexity index is 271. The molecule has 1 atom stereocenters. The van der Waals surface area contributed by atoms with Gasteiger partial charge in [-0.3, -0.25) is 4.90 Å². The van der Waals surface area contributed by atoms with Gasteiger partial charge in [-0.05, 0) is 38.9 Å². The van der Waals surface area contributed by atoms with Crippen LogP contribution < -0.4 is 5.32 Å². The number of likely N-dealkylation sites (tertiary alicyclic amines) is 1. The molecule has 0 radical (unpaired) electrons. The minimum Gasteiger partial charge on any atom is -0.451 e. The average molecular weight is 209 g/mol. The average Bonchev–Trinajstić information content (AvgIpc) is 2.71. The van der Waals surface area contributed by atoms with Gasteiger partial charge in [-0.2, -0.15) is 0 Å². The number of hydrogen-bond acceptors (Lipinski definition) is 4. The number of nitrogens with zero attached hydrogens (tertiary/aromatic N) is 2. The summed E-state index contributed by atoms with van der Waals surface area (Å²) in [6.07, 6.45) is 5.88. The first kappa shape index (κ1) is 10.6. The highest BCUT2D eigenvalue weighted by molar-refractivity contribution is 4.91. The molecule has 15 heavy (non-hydrogen) atoms. The van der Waals surface area contributed by atoms with E-state index >= 15 is 0 Å². The lowest BCUT2D eigenvalue weighted by atomic mass is 9.98. The Morgan fingerprint density at radius 1 is 1.67 bits per heavy atom. The molecule has 4 nitrogen and oxygen atoms in total. The van der Waals surface area contributed by atoms with E-state index in [4.69, 9.17) is 4.42 Å². The van der Waals surface area contributed by atoms with Crippen LogP contribution in [0, 0.1) is 5.92 Å². The molecule has 0 saturated carbocycles. The Kier molecular flexibility index (Phi) is 3.75. The van der Waals surface area contributed by atoms with E-state index in [0.717, 1.165) is 24.7 Å². The summed E-state index contributed by atoms with van der Waals surface area (Å²) in [6, 6.07) is 0. The number of nitrogens with one attached hydrogen (secondary N) is 1. The molecule has 0 aromatic carbocycles. The molecule has 1 saturated heterocycles. The fraction of sp³-hybridized carbons (Fsp3) is 0.727. The summed E-state index contributed by atoms with van der Waals surface area (Å²) < 4.78 is 4.98. The lowest BCUT2D eigenvalue weighted by Crippen LogP contribution is -2.38. The molecular weight excluding hydrogens is 190 g/mol. The van der Waals surface area contributed by atoms with Gasteiger partial charge in [0, 0.05) is 13.1 Å². The van der Waals surface area contributed by atoms with Gasteiger partial charge in [-0.1, -0.05) is 0 Å². The maximum atomic E-state index is 4.98. The van der Waals surface area contributed by atoms with E-state index in [1.54, 1.807) is 6.26 Å². The van der Waals surface area contributed by atoms with Gasteiger partial charge < -0.3 is 9.73 Å². The molecule has 1 aromatic heterocycles. The summed E-state index contributed by atoms with van der Waals surface area (Å²) in [7, 11) is 2.02. The summed E-state index contributed by atoms with van der Waals surface area (Å²) in [5.41, 5.74) is 1.04. The molecule has 84 valence electrons. The largest absolute Gasteiger partial charge is 0.451 e. The molecule has 0 amide bonds. The predicted molar refractivity (Wildman–Crippen MR) is 58.4 cm³/mol. The topological polar surface area (TPSA) is 41.3 Å². The van der Waals surface area contributed by atoms with Gasteiger partial charge in [0.05, 0.1) is 5.69 Å². The maximum absolute atomic E-state index is 4.98. The third-order valence-electron chi connectivity index (χ3n) is 2.96. The number of piperidine rings is 1. The van der Waals surface area contributed by atoms with Crippen molar-refractivity contribution in [1.29, 1.82) is 0 Å². The predicted octanol–water partition coefficient (Wildman–Crippen LogP) is 1.11. The van der Waals surface area contributed by atoms with Crippen LogP contribution in [-0.2, 0) is 6.54 Å². The molecule has 1 aromatic rings. The van der Waals surface area contributed by atoms with E-state index in [1.165, 1.54) is 32.3 Å². The fourth-order valence-corrected chi connectivity index (χ4v) is 2.29. The van der Waals surface area contributed by atoms with Gasteiger partial charge in [0.25, 0.3) is 0 Å². The first-order valence-electron chi connectivity index (χ1n) is 5.62. The van der Waals surface area contributed by atoms with Crippen LogP contribution in [0.2, 0.25) is 0 Å². The van der Waals surface area contributed by atoms with Crippen LogP contribution in [-0.4, -0.2) is 36.6 Å². The lowest BCUT2D eigenvalue weighted by molar-refractivity contribution is 0.165. The Balaban J connectivity index is 1.82. The third-order valence-corrected chi connectivity index (χ3v) is 2.96. The minimum atomic E-state index is 0.788. The van der Waals surface area contributed by atoms with Gasteiger partial charge in [0.15, 0.2) is 6.39 Å². The molecule has 0 bridgehead atoms. The Hall–Kier alpha value is -0.870.